The van der Waals surface area contributed by atoms with Gasteiger partial charge in [-0.3, -0.25) is 0 Å². The molecule has 0 aromatic carbocycles. The molecule has 3 rings (SSSR count). The van der Waals surface area contributed by atoms with Crippen molar-refractivity contribution in [3.63, 3.8) is 0 Å². The predicted octanol–water partition coefficient (Wildman–Crippen LogP) is 2.44. The van der Waals surface area contributed by atoms with E-state index in [0.29, 0.717) is 11.6 Å². The maximum atomic E-state index is 8.86. The summed E-state index contributed by atoms with van der Waals surface area (Å²) >= 11 is 5.97. The van der Waals surface area contributed by atoms with Crippen LogP contribution in [-0.4, -0.2) is 22.3 Å². The van der Waals surface area contributed by atoms with E-state index in [-0.39, 0.29) is 6.10 Å². The van der Waals surface area contributed by atoms with Crippen LogP contribution in [0.4, 0.5) is 0 Å². The minimum atomic E-state index is 0.276. The van der Waals surface area contributed by atoms with Crippen LogP contribution in [0.1, 0.15) is 17.8 Å². The zero-order valence-corrected chi connectivity index (χ0v) is 10.5. The van der Waals surface area contributed by atoms with Gasteiger partial charge in [0, 0.05) is 24.2 Å². The van der Waals surface area contributed by atoms with Crippen LogP contribution in [0.5, 0.6) is 0 Å². The summed E-state index contributed by atoms with van der Waals surface area (Å²) in [6, 6.07) is 5.86. The van der Waals surface area contributed by atoms with Gasteiger partial charge in [0.15, 0.2) is 0 Å². The van der Waals surface area contributed by atoms with Crippen LogP contribution in [0.2, 0.25) is 0 Å². The molecule has 5 heteroatoms. The second-order valence-electron chi connectivity index (χ2n) is 4.40. The first kappa shape index (κ1) is 11.5. The molecule has 4 nitrogen and oxygen atoms in total. The van der Waals surface area contributed by atoms with Gasteiger partial charge in [0.1, 0.15) is 11.8 Å². The average molecular weight is 262 g/mol. The van der Waals surface area contributed by atoms with E-state index in [1.165, 1.54) is 0 Å². The maximum Gasteiger partial charge on any atom is 0.141 e. The Hall–Kier alpha value is -1.57. The highest BCUT2D eigenvalue weighted by Crippen LogP contribution is 2.24. The number of ether oxygens (including phenoxy) is 1. The van der Waals surface area contributed by atoms with Crippen LogP contribution >= 0.6 is 11.6 Å². The van der Waals surface area contributed by atoms with Crippen LogP contribution in [0, 0.1) is 11.3 Å². The Labute approximate surface area is 110 Å². The Morgan fingerprint density at radius 1 is 1.56 bits per heavy atom. The summed E-state index contributed by atoms with van der Waals surface area (Å²) in [5, 5.41) is 9.87. The quantitative estimate of drug-likeness (QED) is 0.798. The second-order valence-corrected chi connectivity index (χ2v) is 4.67. The van der Waals surface area contributed by atoms with Gasteiger partial charge in [-0.2, -0.15) is 5.26 Å². The lowest BCUT2D eigenvalue weighted by atomic mass is 10.2. The van der Waals surface area contributed by atoms with Crippen molar-refractivity contribution in [1.29, 1.82) is 5.26 Å². The lowest BCUT2D eigenvalue weighted by Crippen LogP contribution is -2.31. The number of nitrogens with zero attached hydrogens (tertiary/aromatic N) is 3. The molecule has 2 aromatic rings. The monoisotopic (exact) mass is 261 g/mol. The Balaban J connectivity index is 2.06. The topological polar surface area (TPSA) is 50.8 Å². The van der Waals surface area contributed by atoms with Gasteiger partial charge in [0.05, 0.1) is 23.7 Å². The molecule has 2 aromatic heterocycles. The molecule has 1 aliphatic heterocycles. The highest BCUT2D eigenvalue weighted by atomic mass is 35.5. The molecule has 0 spiro atoms. The number of aromatic nitrogens is 2. The first-order chi connectivity index (χ1) is 8.81. The van der Waals surface area contributed by atoms with E-state index in [2.05, 4.69) is 15.6 Å². The third kappa shape index (κ3) is 1.86. The van der Waals surface area contributed by atoms with Crippen LogP contribution in [0.3, 0.4) is 0 Å². The van der Waals surface area contributed by atoms with Gasteiger partial charge in [-0.1, -0.05) is 0 Å². The Morgan fingerprint density at radius 3 is 3.00 bits per heavy atom. The molecule has 92 valence electrons. The Kier molecular flexibility index (Phi) is 2.94. The Bertz CT molecular complexity index is 625. The fraction of sp³-hybridized carbons (Fsp3) is 0.385. The van der Waals surface area contributed by atoms with E-state index in [0.717, 1.165) is 36.2 Å². The third-order valence-electron chi connectivity index (χ3n) is 3.30. The highest BCUT2D eigenvalue weighted by Gasteiger charge is 2.21. The lowest BCUT2D eigenvalue weighted by molar-refractivity contribution is -0.0588. The molecule has 0 amide bonds. The molecule has 0 bridgehead atoms. The van der Waals surface area contributed by atoms with Crippen LogP contribution in [-0.2, 0) is 17.2 Å². The molecule has 18 heavy (non-hydrogen) atoms. The van der Waals surface area contributed by atoms with E-state index < -0.39 is 0 Å². The first-order valence-corrected chi connectivity index (χ1v) is 6.41. The molecule has 1 atom stereocenters. The first-order valence-electron chi connectivity index (χ1n) is 5.87. The summed E-state index contributed by atoms with van der Waals surface area (Å²) in [5.74, 6) is 0.448. The summed E-state index contributed by atoms with van der Waals surface area (Å²) < 4.78 is 7.60. The number of halogens is 1. The van der Waals surface area contributed by atoms with Crippen LogP contribution in [0.25, 0.3) is 10.9 Å². The van der Waals surface area contributed by atoms with E-state index in [4.69, 9.17) is 21.6 Å². The summed E-state index contributed by atoms with van der Waals surface area (Å²) in [7, 11) is 0. The third-order valence-corrected chi connectivity index (χ3v) is 3.58. The standard InChI is InChI=1S/C13H12ClN3O/c14-5-11-4-9-3-10(6-15)16-7-13(9)17(11)8-12-1-2-18-12/h3-4,7,12H,1-2,5,8H2/t12-/m0/s1. The molecule has 0 aliphatic carbocycles. The molecular weight excluding hydrogens is 250 g/mol. The summed E-state index contributed by atoms with van der Waals surface area (Å²) in [5.41, 5.74) is 2.49. The van der Waals surface area contributed by atoms with Crippen molar-refractivity contribution < 1.29 is 4.74 Å². The van der Waals surface area contributed by atoms with Crippen LogP contribution in [0.15, 0.2) is 18.3 Å². The fourth-order valence-corrected chi connectivity index (χ4v) is 2.46. The van der Waals surface area contributed by atoms with E-state index in [1.54, 1.807) is 12.3 Å². The maximum absolute atomic E-state index is 8.86. The molecule has 0 saturated carbocycles. The SMILES string of the molecule is N#Cc1cc2cc(CCl)n(C[C@@H]3CCO3)c2cn1. The molecule has 0 N–H and O–H groups in total. The number of hydrogen-bond donors (Lipinski definition) is 0. The minimum absolute atomic E-state index is 0.276. The Morgan fingerprint density at radius 2 is 2.39 bits per heavy atom. The van der Waals surface area contributed by atoms with Crippen molar-refractivity contribution in [2.45, 2.75) is 24.9 Å². The zero-order chi connectivity index (χ0) is 12.5. The van der Waals surface area contributed by atoms with E-state index >= 15 is 0 Å². The molecule has 0 unspecified atom stereocenters. The van der Waals surface area contributed by atoms with Crippen molar-refractivity contribution in [2.24, 2.45) is 0 Å². The second kappa shape index (κ2) is 4.60. The average Bonchev–Trinajstić information content (AvgIpc) is 2.70. The van der Waals surface area contributed by atoms with Gasteiger partial charge in [-0.15, -0.1) is 11.6 Å². The van der Waals surface area contributed by atoms with Crippen molar-refractivity contribution >= 4 is 22.5 Å². The lowest BCUT2D eigenvalue weighted by Gasteiger charge is -2.27. The molecule has 1 saturated heterocycles. The van der Waals surface area contributed by atoms with Crippen molar-refractivity contribution in [3.05, 3.63) is 29.7 Å². The van der Waals surface area contributed by atoms with Crippen LogP contribution < -0.4 is 0 Å². The van der Waals surface area contributed by atoms with Crippen molar-refractivity contribution in [3.8, 4) is 6.07 Å². The number of fused-ring (bicyclic) bond motifs is 1. The van der Waals surface area contributed by atoms with Gasteiger partial charge in [-0.25, -0.2) is 4.98 Å². The summed E-state index contributed by atoms with van der Waals surface area (Å²) in [6.07, 6.45) is 3.10. The summed E-state index contributed by atoms with van der Waals surface area (Å²) in [4.78, 5) is 4.12. The smallest absolute Gasteiger partial charge is 0.141 e. The van der Waals surface area contributed by atoms with Gasteiger partial charge in [-0.05, 0) is 18.6 Å². The molecular formula is C13H12ClN3O. The fourth-order valence-electron chi connectivity index (χ4n) is 2.24. The number of alkyl halides is 1. The predicted molar refractivity (Wildman–Crippen MR) is 68.4 cm³/mol. The van der Waals surface area contributed by atoms with Gasteiger partial charge < -0.3 is 9.30 Å². The number of hydrogen-bond acceptors (Lipinski definition) is 3. The highest BCUT2D eigenvalue weighted by molar-refractivity contribution is 6.17. The largest absolute Gasteiger partial charge is 0.376 e. The van der Waals surface area contributed by atoms with Gasteiger partial charge >= 0.3 is 0 Å². The number of pyridine rings is 1. The zero-order valence-electron chi connectivity index (χ0n) is 9.77. The molecule has 1 aliphatic rings. The number of rotatable bonds is 3. The molecule has 0 radical (unpaired) electrons. The van der Waals surface area contributed by atoms with Crippen molar-refractivity contribution in [2.75, 3.05) is 6.61 Å². The normalized spacial score (nSPS) is 18.6. The van der Waals surface area contributed by atoms with Crippen molar-refractivity contribution in [1.82, 2.24) is 9.55 Å². The van der Waals surface area contributed by atoms with E-state index in [1.807, 2.05) is 6.07 Å². The minimum Gasteiger partial charge on any atom is -0.376 e. The molecule has 3 heterocycles. The number of nitriles is 1. The van der Waals surface area contributed by atoms with Gasteiger partial charge in [0.25, 0.3) is 0 Å². The van der Waals surface area contributed by atoms with E-state index in [9.17, 15) is 0 Å². The molecule has 1 fully saturated rings. The summed E-state index contributed by atoms with van der Waals surface area (Å²) in [6.45, 7) is 1.65. The van der Waals surface area contributed by atoms with Gasteiger partial charge in [0.2, 0.25) is 0 Å².